The number of nitrogens with two attached hydrogens (primary N) is 1. The van der Waals surface area contributed by atoms with Crippen LogP contribution in [0.2, 0.25) is 0 Å². The number of aromatic hydroxyl groups is 1. The molecule has 0 bridgehead atoms. The average Bonchev–Trinajstić information content (AvgIpc) is 3.24. The number of rotatable bonds is 18. The fourth-order valence-corrected chi connectivity index (χ4v) is 7.55. The van der Waals surface area contributed by atoms with E-state index >= 15 is 0 Å². The molecule has 3 amide bonds. The molecule has 1 aromatic heterocycles. The van der Waals surface area contributed by atoms with E-state index in [0.717, 1.165) is 47.9 Å². The van der Waals surface area contributed by atoms with E-state index in [1.54, 1.807) is 24.1 Å². The van der Waals surface area contributed by atoms with Gasteiger partial charge in [0.15, 0.2) is 0 Å². The number of carbonyl (C=O) groups is 3. The Bertz CT molecular complexity index is 2270. The Kier molecular flexibility index (Phi) is 15.5. The Balaban J connectivity index is 0.878. The van der Waals surface area contributed by atoms with Gasteiger partial charge in [0, 0.05) is 68.3 Å². The maximum Gasteiger partial charge on any atom is 0.411 e. The molecular weight excluding hydrogens is 761 g/mol. The molecule has 316 valence electrons. The van der Waals surface area contributed by atoms with Gasteiger partial charge in [-0.2, -0.15) is 0 Å². The van der Waals surface area contributed by atoms with Gasteiger partial charge >= 0.3 is 6.09 Å². The van der Waals surface area contributed by atoms with Gasteiger partial charge in [0.05, 0.1) is 17.3 Å². The maximum atomic E-state index is 13.0. The fourth-order valence-electron chi connectivity index (χ4n) is 7.55. The first kappa shape index (κ1) is 43.6. The molecular formula is C47H56N6O7. The van der Waals surface area contributed by atoms with Crippen LogP contribution in [0.4, 0.5) is 16.2 Å². The van der Waals surface area contributed by atoms with E-state index in [9.17, 15) is 29.4 Å². The number of nitrogens with one attached hydrogen (secondary N) is 4. The molecule has 0 radical (unpaired) electrons. The van der Waals surface area contributed by atoms with E-state index in [1.165, 1.54) is 12.1 Å². The number of aliphatic hydroxyl groups is 1. The van der Waals surface area contributed by atoms with E-state index in [2.05, 4.69) is 20.9 Å². The minimum absolute atomic E-state index is 0.0463. The molecule has 13 heteroatoms. The van der Waals surface area contributed by atoms with Gasteiger partial charge in [0.25, 0.3) is 0 Å². The Morgan fingerprint density at radius 3 is 2.38 bits per heavy atom. The van der Waals surface area contributed by atoms with Crippen LogP contribution in [-0.2, 0) is 27.3 Å². The lowest BCUT2D eigenvalue weighted by Gasteiger charge is -2.26. The zero-order chi connectivity index (χ0) is 42.4. The van der Waals surface area contributed by atoms with Crippen molar-refractivity contribution in [2.24, 2.45) is 5.73 Å². The first-order chi connectivity index (χ1) is 29.0. The Morgan fingerprint density at radius 1 is 0.867 bits per heavy atom. The summed E-state index contributed by atoms with van der Waals surface area (Å²) in [5.74, 6) is -0.110. The number of fused-ring (bicyclic) bond motifs is 1. The predicted octanol–water partition coefficient (Wildman–Crippen LogP) is 7.13. The second kappa shape index (κ2) is 21.3. The number of H-pyrrole nitrogens is 1. The number of aromatic amines is 1. The van der Waals surface area contributed by atoms with Gasteiger partial charge in [0.1, 0.15) is 11.9 Å². The molecule has 0 saturated heterocycles. The zero-order valence-electron chi connectivity index (χ0n) is 34.1. The first-order valence-corrected chi connectivity index (χ1v) is 20.8. The third-order valence-electron chi connectivity index (χ3n) is 11.0. The monoisotopic (exact) mass is 816 g/mol. The van der Waals surface area contributed by atoms with E-state index in [-0.39, 0.29) is 47.3 Å². The number of amides is 3. The summed E-state index contributed by atoms with van der Waals surface area (Å²) in [5.41, 5.74) is 11.8. The van der Waals surface area contributed by atoms with Crippen LogP contribution in [0.5, 0.6) is 5.75 Å². The van der Waals surface area contributed by atoms with E-state index in [0.29, 0.717) is 73.9 Å². The average molecular weight is 817 g/mol. The van der Waals surface area contributed by atoms with Crippen LogP contribution < -0.4 is 27.2 Å². The van der Waals surface area contributed by atoms with Crippen molar-refractivity contribution in [1.82, 2.24) is 15.2 Å². The van der Waals surface area contributed by atoms with E-state index in [4.69, 9.17) is 10.5 Å². The predicted molar refractivity (Wildman–Crippen MR) is 235 cm³/mol. The largest absolute Gasteiger partial charge is 0.506 e. The number of phenols is 1. The molecule has 1 saturated carbocycles. The van der Waals surface area contributed by atoms with Crippen molar-refractivity contribution < 1.29 is 29.3 Å². The molecule has 1 atom stereocenters. The number of carbonyl (C=O) groups excluding carboxylic acids is 3. The summed E-state index contributed by atoms with van der Waals surface area (Å²) < 4.78 is 5.74. The lowest BCUT2D eigenvalue weighted by Crippen LogP contribution is -2.32. The number of nitrogens with zero attached hydrogens (tertiary/aromatic N) is 1. The van der Waals surface area contributed by atoms with Crippen molar-refractivity contribution in [2.75, 3.05) is 30.8 Å². The molecule has 5 aromatic rings. The highest BCUT2D eigenvalue weighted by Crippen LogP contribution is 2.31. The van der Waals surface area contributed by atoms with Crippen LogP contribution in [0.1, 0.15) is 80.6 Å². The number of anilines is 2. The molecule has 1 aliphatic rings. The van der Waals surface area contributed by atoms with Gasteiger partial charge in [0.2, 0.25) is 17.4 Å². The highest BCUT2D eigenvalue weighted by atomic mass is 16.6. The van der Waals surface area contributed by atoms with Crippen LogP contribution in [0.3, 0.4) is 0 Å². The molecule has 0 spiro atoms. The summed E-state index contributed by atoms with van der Waals surface area (Å²) in [4.78, 5) is 54.6. The molecule has 1 fully saturated rings. The number of ether oxygens (including phenoxy) is 1. The normalized spacial score (nSPS) is 15.6. The van der Waals surface area contributed by atoms with Crippen molar-refractivity contribution in [1.29, 1.82) is 0 Å². The minimum Gasteiger partial charge on any atom is -0.506 e. The SMILES string of the molecule is CN(CCCCC(=O)Nc1ccc(CNC[C@H](O)c2ccc(O)c3[nH]c(=O)ccc23)cc1)C(=O)CCCc1ccc(-c2ccccc2)c(NC(=O)OC2CCC(N)CC2)c1. The van der Waals surface area contributed by atoms with Crippen LogP contribution >= 0.6 is 0 Å². The standard InChI is InChI=1S/C47H56N6O7/c1-53(45(58)12-7-8-31-15-22-37(33-9-3-2-4-10-33)40(28-31)51-47(59)60-36-20-16-34(48)17-21-36)27-6-5-11-43(56)50-35-18-13-32(14-19-35)29-49-30-42(55)38-23-25-41(54)46-39(38)24-26-44(57)52-46/h2-4,9-10,13-15,18-19,22-26,28,34,36,42,49,54-55H,5-8,11-12,16-17,20-21,27,29-30,48H2,1H3,(H,50,56)(H,51,59)(H,52,57)/t34?,36?,42-/m0/s1. The second-order valence-electron chi connectivity index (χ2n) is 15.6. The van der Waals surface area contributed by atoms with Gasteiger partial charge in [-0.05, 0) is 104 Å². The Hall–Kier alpha value is -6.02. The smallest absolute Gasteiger partial charge is 0.411 e. The number of hydrogen-bond acceptors (Lipinski definition) is 9. The first-order valence-electron chi connectivity index (χ1n) is 20.8. The van der Waals surface area contributed by atoms with Crippen molar-refractivity contribution in [3.05, 3.63) is 124 Å². The van der Waals surface area contributed by atoms with Gasteiger partial charge in [-0.3, -0.25) is 19.7 Å². The molecule has 13 nitrogen and oxygen atoms in total. The third kappa shape index (κ3) is 12.5. The minimum atomic E-state index is -0.866. The second-order valence-corrected chi connectivity index (χ2v) is 15.6. The lowest BCUT2D eigenvalue weighted by molar-refractivity contribution is -0.130. The quantitative estimate of drug-likeness (QED) is 0.0450. The molecule has 0 aliphatic heterocycles. The van der Waals surface area contributed by atoms with E-state index in [1.807, 2.05) is 72.8 Å². The van der Waals surface area contributed by atoms with Gasteiger partial charge < -0.3 is 41.2 Å². The van der Waals surface area contributed by atoms with Crippen LogP contribution in [0.25, 0.3) is 22.0 Å². The number of pyridine rings is 1. The van der Waals surface area contributed by atoms with Crippen LogP contribution in [0, 0.1) is 0 Å². The fraction of sp³-hybridized carbons (Fsp3) is 0.362. The highest BCUT2D eigenvalue weighted by Gasteiger charge is 2.23. The van der Waals surface area contributed by atoms with Crippen molar-refractivity contribution in [3.63, 3.8) is 0 Å². The van der Waals surface area contributed by atoms with Crippen LogP contribution in [-0.4, -0.2) is 70.3 Å². The summed E-state index contributed by atoms with van der Waals surface area (Å²) in [6.45, 7) is 1.29. The Labute approximate surface area is 350 Å². The zero-order valence-corrected chi connectivity index (χ0v) is 34.1. The van der Waals surface area contributed by atoms with Gasteiger partial charge in [-0.1, -0.05) is 60.7 Å². The molecule has 1 heterocycles. The number of hydrogen-bond donors (Lipinski definition) is 7. The molecule has 1 aliphatic carbocycles. The maximum absolute atomic E-state index is 13.0. The summed E-state index contributed by atoms with van der Waals surface area (Å²) in [5, 5.41) is 30.6. The number of phenolic OH excluding ortho intramolecular Hbond substituents is 1. The van der Waals surface area contributed by atoms with Crippen molar-refractivity contribution in [3.8, 4) is 16.9 Å². The highest BCUT2D eigenvalue weighted by molar-refractivity contribution is 5.92. The molecule has 6 rings (SSSR count). The number of aromatic nitrogens is 1. The number of aliphatic hydroxyl groups excluding tert-OH is 1. The summed E-state index contributed by atoms with van der Waals surface area (Å²) in [6.07, 6.45) is 5.12. The Morgan fingerprint density at radius 2 is 1.62 bits per heavy atom. The number of benzene rings is 4. The van der Waals surface area contributed by atoms with Gasteiger partial charge in [-0.15, -0.1) is 0 Å². The molecule has 60 heavy (non-hydrogen) atoms. The van der Waals surface area contributed by atoms with Crippen molar-refractivity contribution >= 4 is 40.2 Å². The van der Waals surface area contributed by atoms with E-state index < -0.39 is 12.2 Å². The summed E-state index contributed by atoms with van der Waals surface area (Å²) >= 11 is 0. The molecule has 4 aromatic carbocycles. The van der Waals surface area contributed by atoms with Crippen molar-refractivity contribution in [2.45, 2.75) is 89.0 Å². The molecule has 0 unspecified atom stereocenters. The lowest BCUT2D eigenvalue weighted by atomic mass is 9.94. The van der Waals surface area contributed by atoms with Gasteiger partial charge in [-0.25, -0.2) is 4.79 Å². The summed E-state index contributed by atoms with van der Waals surface area (Å²) in [6, 6.07) is 29.5. The number of unbranched alkanes of at least 4 members (excludes halogenated alkanes) is 1. The summed E-state index contributed by atoms with van der Waals surface area (Å²) in [7, 11) is 1.79. The third-order valence-corrected chi connectivity index (χ3v) is 11.0. The molecule has 8 N–H and O–H groups in total. The topological polar surface area (TPSA) is 199 Å². The van der Waals surface area contributed by atoms with Crippen LogP contribution in [0.15, 0.2) is 102 Å². The number of aryl methyl sites for hydroxylation is 1.